The predicted molar refractivity (Wildman–Crippen MR) is 67.3 cm³/mol. The molecule has 1 rings (SSSR count). The van der Waals surface area contributed by atoms with Crippen LogP contribution in [0.25, 0.3) is 0 Å². The van der Waals surface area contributed by atoms with Crippen LogP contribution < -0.4 is 11.1 Å². The molecule has 0 aromatic carbocycles. The Morgan fingerprint density at radius 2 is 2.62 bits per heavy atom. The van der Waals surface area contributed by atoms with Crippen LogP contribution in [0, 0.1) is 11.5 Å². The van der Waals surface area contributed by atoms with Crippen LogP contribution in [0.5, 0.6) is 0 Å². The lowest BCUT2D eigenvalue weighted by Gasteiger charge is -2.02. The molecule has 0 saturated heterocycles. The fourth-order valence-electron chi connectivity index (χ4n) is 0.958. The van der Waals surface area contributed by atoms with E-state index in [-0.39, 0.29) is 0 Å². The maximum Gasteiger partial charge on any atom is 0.357 e. The van der Waals surface area contributed by atoms with Gasteiger partial charge in [-0.25, -0.2) is 4.98 Å². The predicted octanol–water partition coefficient (Wildman–Crippen LogP) is 0.404. The summed E-state index contributed by atoms with van der Waals surface area (Å²) in [6.07, 6.45) is 3.61. The third-order valence-electron chi connectivity index (χ3n) is 1.88. The summed E-state index contributed by atoms with van der Waals surface area (Å²) in [5.41, 5.74) is 5.59. The maximum absolute atomic E-state index is 8.38. The molecule has 0 aliphatic rings. The summed E-state index contributed by atoms with van der Waals surface area (Å²) >= 11 is 3.47. The zero-order chi connectivity index (χ0) is 11.8. The van der Waals surface area contributed by atoms with E-state index >= 15 is 0 Å². The molecule has 0 aliphatic carbocycles. The van der Waals surface area contributed by atoms with Crippen molar-refractivity contribution >= 4 is 29.1 Å². The molecule has 1 heterocycles. The van der Waals surface area contributed by atoms with Gasteiger partial charge in [-0.05, 0) is 0 Å². The van der Waals surface area contributed by atoms with Gasteiger partial charge >= 0.3 is 5.96 Å². The van der Waals surface area contributed by atoms with E-state index in [0.717, 1.165) is 23.1 Å². The number of hydrogen-bond acceptors (Lipinski definition) is 4. The van der Waals surface area contributed by atoms with Crippen molar-refractivity contribution in [3.8, 4) is 6.19 Å². The average molecular weight is 256 g/mol. The monoisotopic (exact) mass is 256 g/mol. The molecule has 0 atom stereocenters. The first-order valence-electron chi connectivity index (χ1n) is 4.69. The molecule has 1 aromatic rings. The van der Waals surface area contributed by atoms with Crippen LogP contribution in [0.1, 0.15) is 5.01 Å². The zero-order valence-corrected chi connectivity index (χ0v) is 10.6. The fourth-order valence-corrected chi connectivity index (χ4v) is 2.68. The lowest BCUT2D eigenvalue weighted by Crippen LogP contribution is -2.37. The topological polar surface area (TPSA) is 77.7 Å². The molecule has 86 valence electrons. The first-order valence-corrected chi connectivity index (χ1v) is 6.72. The van der Waals surface area contributed by atoms with Gasteiger partial charge in [-0.15, -0.1) is 11.3 Å². The normalized spacial score (nSPS) is 11.8. The van der Waals surface area contributed by atoms with E-state index in [1.54, 1.807) is 29.3 Å². The van der Waals surface area contributed by atoms with E-state index < -0.39 is 0 Å². The Labute approximate surface area is 103 Å². The number of hydrogen-bond donors (Lipinski definition) is 2. The van der Waals surface area contributed by atoms with Gasteiger partial charge < -0.3 is 0 Å². The second kappa shape index (κ2) is 7.09. The number of nitrogens with two attached hydrogens (primary N) is 1. The highest BCUT2D eigenvalue weighted by molar-refractivity contribution is 7.98. The first kappa shape index (κ1) is 12.8. The zero-order valence-electron chi connectivity index (χ0n) is 9.01. The van der Waals surface area contributed by atoms with Crippen LogP contribution in [0.3, 0.4) is 0 Å². The van der Waals surface area contributed by atoms with Crippen molar-refractivity contribution in [1.82, 2.24) is 10.3 Å². The Kier molecular flexibility index (Phi) is 5.67. The molecule has 16 heavy (non-hydrogen) atoms. The summed E-state index contributed by atoms with van der Waals surface area (Å²) in [7, 11) is 1.85. The molecule has 0 amide bonds. The standard InChI is InChI=1S/C9H13N5S2/c1-14(9(11)13-7-10)3-5-15-6-8-12-2-4-16-8/h2,4H,3,5-6H2,1H3,(H2,11,13)/p+1. The minimum Gasteiger partial charge on any atom is -0.290 e. The number of thiazole rings is 1. The van der Waals surface area contributed by atoms with Gasteiger partial charge in [0.25, 0.3) is 6.19 Å². The summed E-state index contributed by atoms with van der Waals surface area (Å²) in [4.78, 5) is 4.20. The largest absolute Gasteiger partial charge is 0.357 e. The molecular weight excluding hydrogens is 242 g/mol. The summed E-state index contributed by atoms with van der Waals surface area (Å²) in [6.45, 7) is 0.802. The highest BCUT2D eigenvalue weighted by Gasteiger charge is 2.02. The summed E-state index contributed by atoms with van der Waals surface area (Å²) in [5, 5.41) is 13.9. The molecule has 0 fully saturated rings. The number of rotatable bonds is 5. The van der Waals surface area contributed by atoms with E-state index in [1.165, 1.54) is 0 Å². The Hall–Kier alpha value is -1.26. The Morgan fingerprint density at radius 3 is 3.25 bits per heavy atom. The Balaban J connectivity index is 2.21. The van der Waals surface area contributed by atoms with Crippen molar-refractivity contribution in [2.24, 2.45) is 5.73 Å². The van der Waals surface area contributed by atoms with E-state index in [1.807, 2.05) is 23.2 Å². The molecule has 0 radical (unpaired) electrons. The lowest BCUT2D eigenvalue weighted by atomic mass is 10.7. The van der Waals surface area contributed by atoms with Crippen molar-refractivity contribution in [2.45, 2.75) is 5.75 Å². The summed E-state index contributed by atoms with van der Waals surface area (Å²) in [6, 6.07) is 0. The van der Waals surface area contributed by atoms with Gasteiger partial charge in [-0.1, -0.05) is 0 Å². The molecule has 0 aliphatic heterocycles. The van der Waals surface area contributed by atoms with E-state index in [2.05, 4.69) is 10.3 Å². The Bertz CT molecular complexity index is 379. The molecule has 3 N–H and O–H groups in total. The number of nitrogens with one attached hydrogen (secondary N) is 1. The van der Waals surface area contributed by atoms with Gasteiger partial charge in [0.15, 0.2) is 0 Å². The van der Waals surface area contributed by atoms with E-state index in [0.29, 0.717) is 5.96 Å². The van der Waals surface area contributed by atoms with Gasteiger partial charge in [-0.3, -0.25) is 10.3 Å². The van der Waals surface area contributed by atoms with Crippen molar-refractivity contribution in [3.05, 3.63) is 16.6 Å². The third kappa shape index (κ3) is 4.51. The SMILES string of the molecule is C[N+](CCSCc1nccs1)=C(N)NC#N. The number of guanidine groups is 1. The van der Waals surface area contributed by atoms with Crippen molar-refractivity contribution < 1.29 is 4.58 Å². The molecular formula is C9H14N5S2+. The number of nitriles is 1. The lowest BCUT2D eigenvalue weighted by molar-refractivity contribution is -0.494. The maximum atomic E-state index is 8.38. The average Bonchev–Trinajstić information content (AvgIpc) is 2.77. The molecule has 0 bridgehead atoms. The molecule has 5 nitrogen and oxygen atoms in total. The number of aromatic nitrogens is 1. The van der Waals surface area contributed by atoms with Crippen molar-refractivity contribution in [2.75, 3.05) is 19.3 Å². The minimum atomic E-state index is 0.386. The summed E-state index contributed by atoms with van der Waals surface area (Å²) < 4.78 is 1.82. The second-order valence-corrected chi connectivity index (χ2v) is 5.11. The fraction of sp³-hybridized carbons (Fsp3) is 0.444. The van der Waals surface area contributed by atoms with Crippen LogP contribution in [0.4, 0.5) is 0 Å². The molecule has 0 saturated carbocycles. The van der Waals surface area contributed by atoms with Gasteiger partial charge in [0.2, 0.25) is 0 Å². The van der Waals surface area contributed by atoms with E-state index in [4.69, 9.17) is 11.0 Å². The molecule has 0 unspecified atom stereocenters. The molecule has 1 aromatic heterocycles. The number of thioether (sulfide) groups is 1. The first-order chi connectivity index (χ1) is 7.74. The van der Waals surface area contributed by atoms with Gasteiger partial charge in [0, 0.05) is 23.1 Å². The molecule has 7 heteroatoms. The highest BCUT2D eigenvalue weighted by Crippen LogP contribution is 2.13. The highest BCUT2D eigenvalue weighted by atomic mass is 32.2. The van der Waals surface area contributed by atoms with Crippen LogP contribution in [0.15, 0.2) is 11.6 Å². The van der Waals surface area contributed by atoms with Crippen molar-refractivity contribution in [3.63, 3.8) is 0 Å². The molecule has 0 spiro atoms. The quantitative estimate of drug-likeness (QED) is 0.199. The van der Waals surface area contributed by atoms with Gasteiger partial charge in [0.1, 0.15) is 5.01 Å². The van der Waals surface area contributed by atoms with Crippen LogP contribution >= 0.6 is 23.1 Å². The smallest absolute Gasteiger partial charge is 0.290 e. The van der Waals surface area contributed by atoms with Gasteiger partial charge in [0.05, 0.1) is 13.6 Å². The summed E-state index contributed by atoms with van der Waals surface area (Å²) in [5.74, 6) is 2.26. The number of nitrogens with zero attached hydrogens (tertiary/aromatic N) is 3. The third-order valence-corrected chi connectivity index (χ3v) is 3.79. The van der Waals surface area contributed by atoms with Crippen LogP contribution in [0.2, 0.25) is 0 Å². The Morgan fingerprint density at radius 1 is 1.81 bits per heavy atom. The van der Waals surface area contributed by atoms with Crippen LogP contribution in [-0.4, -0.2) is 34.9 Å². The minimum absolute atomic E-state index is 0.386. The van der Waals surface area contributed by atoms with Gasteiger partial charge in [-0.2, -0.15) is 22.3 Å². The van der Waals surface area contributed by atoms with Crippen LogP contribution in [-0.2, 0) is 5.75 Å². The second-order valence-electron chi connectivity index (χ2n) is 3.02. The van der Waals surface area contributed by atoms with Crippen molar-refractivity contribution in [1.29, 1.82) is 5.26 Å². The van der Waals surface area contributed by atoms with E-state index in [9.17, 15) is 0 Å².